The van der Waals surface area contributed by atoms with Crippen molar-refractivity contribution in [3.63, 3.8) is 0 Å². The van der Waals surface area contributed by atoms with E-state index in [0.717, 1.165) is 5.39 Å². The average Bonchev–Trinajstić information content (AvgIpc) is 2.68. The molecule has 0 bridgehead atoms. The number of carbonyl (C=O) groups excluding carboxylic acids is 1. The predicted molar refractivity (Wildman–Crippen MR) is 108 cm³/mol. The fourth-order valence-electron chi connectivity index (χ4n) is 2.87. The van der Waals surface area contributed by atoms with Crippen LogP contribution in [0.25, 0.3) is 22.2 Å². The number of H-pyrrole nitrogens is 1. The van der Waals surface area contributed by atoms with Crippen molar-refractivity contribution in [1.82, 2.24) is 4.98 Å². The number of fused-ring (bicyclic) bond motifs is 1. The van der Waals surface area contributed by atoms with Gasteiger partial charge >= 0.3 is 0 Å². The monoisotopic (exact) mass is 394 g/mol. The zero-order valence-corrected chi connectivity index (χ0v) is 15.6. The molecule has 0 aliphatic rings. The van der Waals surface area contributed by atoms with Crippen molar-refractivity contribution < 1.29 is 9.78 Å². The van der Waals surface area contributed by atoms with Crippen molar-refractivity contribution in [2.24, 2.45) is 0 Å². The lowest BCUT2D eigenvalue weighted by atomic mass is 10.0. The number of pyridine rings is 2. The van der Waals surface area contributed by atoms with Crippen molar-refractivity contribution in [3.05, 3.63) is 88.7 Å². The third-order valence-corrected chi connectivity index (χ3v) is 4.68. The summed E-state index contributed by atoms with van der Waals surface area (Å²) in [5.41, 5.74) is 3.24. The number of anilines is 1. The number of amides is 1. The second-order valence-electron chi connectivity index (χ2n) is 5.94. The fraction of sp³-hybridized carbons (Fsp3) is 0. The lowest BCUT2D eigenvalue weighted by Crippen LogP contribution is -2.14. The van der Waals surface area contributed by atoms with Crippen molar-refractivity contribution >= 4 is 45.7 Å². The van der Waals surface area contributed by atoms with Crippen LogP contribution in [0.4, 0.5) is 5.69 Å². The minimum atomic E-state index is -0.223. The smallest absolute Gasteiger partial charge is 0.256 e. The van der Waals surface area contributed by atoms with Gasteiger partial charge in [-0.1, -0.05) is 41.4 Å². The number of halogens is 2. The molecule has 2 heterocycles. The summed E-state index contributed by atoms with van der Waals surface area (Å²) < 4.78 is 0. The molecule has 4 aromatic rings. The first kappa shape index (κ1) is 17.5. The highest BCUT2D eigenvalue weighted by atomic mass is 35.5. The third-order valence-electron chi connectivity index (χ3n) is 4.13. The number of rotatable bonds is 3. The fourth-order valence-corrected chi connectivity index (χ4v) is 3.37. The third kappa shape index (κ3) is 3.63. The van der Waals surface area contributed by atoms with E-state index in [1.807, 2.05) is 36.4 Å². The number of nitrogens with one attached hydrogen (secondary N) is 2. The van der Waals surface area contributed by atoms with Gasteiger partial charge in [-0.2, -0.15) is 0 Å². The number of nitrogens with zero attached hydrogens (tertiary/aromatic N) is 1. The van der Waals surface area contributed by atoms with Crippen LogP contribution in [0.2, 0.25) is 10.0 Å². The van der Waals surface area contributed by atoms with Crippen LogP contribution in [0.5, 0.6) is 0 Å². The zero-order valence-electron chi connectivity index (χ0n) is 14.0. The van der Waals surface area contributed by atoms with E-state index in [0.29, 0.717) is 38.1 Å². The molecule has 0 saturated heterocycles. The second kappa shape index (κ2) is 7.35. The van der Waals surface area contributed by atoms with Gasteiger partial charge in [0.2, 0.25) is 0 Å². The second-order valence-corrected chi connectivity index (χ2v) is 6.79. The van der Waals surface area contributed by atoms with E-state index in [1.54, 1.807) is 36.7 Å². The number of para-hydroxylation sites is 1. The molecule has 0 radical (unpaired) electrons. The summed E-state index contributed by atoms with van der Waals surface area (Å²) in [5.74, 6) is -0.223. The first-order valence-electron chi connectivity index (χ1n) is 8.24. The topological polar surface area (TPSA) is 56.1 Å². The molecule has 6 heteroatoms. The lowest BCUT2D eigenvalue weighted by molar-refractivity contribution is -0.377. The molecule has 0 saturated carbocycles. The maximum Gasteiger partial charge on any atom is 0.256 e. The van der Waals surface area contributed by atoms with Gasteiger partial charge in [0.15, 0.2) is 12.4 Å². The number of aromatic amines is 1. The quantitative estimate of drug-likeness (QED) is 0.514. The summed E-state index contributed by atoms with van der Waals surface area (Å²) in [5, 5.41) is 4.69. The standard InChI is InChI=1S/C21H13Cl2N3O/c22-13-7-8-16(18(23)10-13)20-11-17(15-5-1-2-6-19(15)26-20)21(27)25-14-4-3-9-24-12-14/h1-12H,(H,25,27)/p+1. The molecule has 0 aliphatic carbocycles. The van der Waals surface area contributed by atoms with Gasteiger partial charge < -0.3 is 5.32 Å². The summed E-state index contributed by atoms with van der Waals surface area (Å²) in [6.07, 6.45) is 3.50. The molecule has 0 fully saturated rings. The Bertz CT molecular complexity index is 1150. The first-order chi connectivity index (χ1) is 13.1. The number of benzene rings is 2. The van der Waals surface area contributed by atoms with Gasteiger partial charge in [-0.25, -0.2) is 9.97 Å². The van der Waals surface area contributed by atoms with Crippen LogP contribution in [0.3, 0.4) is 0 Å². The molecule has 2 aromatic carbocycles. The summed E-state index contributed by atoms with van der Waals surface area (Å²) >= 11 is 12.3. The van der Waals surface area contributed by atoms with Gasteiger partial charge in [-0.05, 0) is 36.4 Å². The summed E-state index contributed by atoms with van der Waals surface area (Å²) in [6, 6.07) is 18.1. The molecule has 0 spiro atoms. The van der Waals surface area contributed by atoms with E-state index >= 15 is 0 Å². The normalized spacial score (nSPS) is 10.7. The van der Waals surface area contributed by atoms with Crippen molar-refractivity contribution in [2.45, 2.75) is 0 Å². The largest absolute Gasteiger partial charge is 0.317 e. The zero-order chi connectivity index (χ0) is 18.8. The van der Waals surface area contributed by atoms with Crippen LogP contribution in [-0.2, 0) is 0 Å². The Balaban J connectivity index is 1.85. The van der Waals surface area contributed by atoms with E-state index in [9.17, 15) is 4.79 Å². The van der Waals surface area contributed by atoms with Crippen LogP contribution in [0, 0.1) is 0 Å². The molecule has 4 nitrogen and oxygen atoms in total. The predicted octanol–water partition coefficient (Wildman–Crippen LogP) is 5.28. The van der Waals surface area contributed by atoms with E-state index in [2.05, 4.69) is 15.3 Å². The Morgan fingerprint density at radius 2 is 1.85 bits per heavy atom. The van der Waals surface area contributed by atoms with Crippen LogP contribution in [-0.4, -0.2) is 10.9 Å². The number of hydrogen-bond acceptors (Lipinski definition) is 2. The van der Waals surface area contributed by atoms with Gasteiger partial charge in [0, 0.05) is 22.0 Å². The van der Waals surface area contributed by atoms with Gasteiger partial charge in [0.25, 0.3) is 5.91 Å². The number of hydrogen-bond donors (Lipinski definition) is 1. The molecule has 27 heavy (non-hydrogen) atoms. The lowest BCUT2D eigenvalue weighted by Gasteiger charge is -2.11. The van der Waals surface area contributed by atoms with Crippen molar-refractivity contribution in [3.8, 4) is 11.3 Å². The minimum absolute atomic E-state index is 0.223. The molecule has 2 aromatic heterocycles. The Kier molecular flexibility index (Phi) is 4.75. The molecule has 132 valence electrons. The first-order valence-corrected chi connectivity index (χ1v) is 9.00. The molecule has 4 rings (SSSR count). The molecule has 1 amide bonds. The Labute approximate surface area is 165 Å². The molecular formula is C21H14Cl2N3O+. The number of carbonyl (C=O) groups is 1. The molecule has 0 unspecified atom stereocenters. The molecule has 0 aliphatic heterocycles. The average molecular weight is 395 g/mol. The van der Waals surface area contributed by atoms with Crippen LogP contribution in [0.1, 0.15) is 10.4 Å². The van der Waals surface area contributed by atoms with Gasteiger partial charge in [0.05, 0.1) is 21.8 Å². The van der Waals surface area contributed by atoms with E-state index in [-0.39, 0.29) is 5.91 Å². The highest BCUT2D eigenvalue weighted by Gasteiger charge is 2.16. The van der Waals surface area contributed by atoms with Crippen molar-refractivity contribution in [2.75, 3.05) is 5.32 Å². The van der Waals surface area contributed by atoms with E-state index in [1.165, 1.54) is 0 Å². The van der Waals surface area contributed by atoms with Crippen LogP contribution < -0.4 is 10.3 Å². The Hall–Kier alpha value is -2.95. The Morgan fingerprint density at radius 3 is 2.63 bits per heavy atom. The maximum absolute atomic E-state index is 12.9. The molecular weight excluding hydrogens is 381 g/mol. The van der Waals surface area contributed by atoms with Gasteiger partial charge in [-0.3, -0.25) is 4.79 Å². The highest BCUT2D eigenvalue weighted by molar-refractivity contribution is 6.36. The van der Waals surface area contributed by atoms with E-state index < -0.39 is 0 Å². The molecule has 2 N–H and O–H groups in total. The van der Waals surface area contributed by atoms with Gasteiger partial charge in [0.1, 0.15) is 5.69 Å². The maximum atomic E-state index is 12.9. The van der Waals surface area contributed by atoms with E-state index in [4.69, 9.17) is 23.2 Å². The highest BCUT2D eigenvalue weighted by Crippen LogP contribution is 2.32. The molecule has 0 atom stereocenters. The summed E-state index contributed by atoms with van der Waals surface area (Å²) in [4.78, 5) is 20.6. The summed E-state index contributed by atoms with van der Waals surface area (Å²) in [6.45, 7) is 0. The van der Waals surface area contributed by atoms with Crippen LogP contribution >= 0.6 is 23.2 Å². The number of aromatic nitrogens is 2. The van der Waals surface area contributed by atoms with Crippen molar-refractivity contribution in [1.29, 1.82) is 0 Å². The van der Waals surface area contributed by atoms with Crippen LogP contribution in [0.15, 0.2) is 73.1 Å². The van der Waals surface area contributed by atoms with Gasteiger partial charge in [-0.15, -0.1) is 0 Å². The Morgan fingerprint density at radius 1 is 1.00 bits per heavy atom. The minimum Gasteiger partial charge on any atom is -0.317 e. The SMILES string of the molecule is O=C(Nc1ccc[nH+]c1)c1cc(-c2ccc(Cl)cc2Cl)nc2ccccc12. The summed E-state index contributed by atoms with van der Waals surface area (Å²) in [7, 11) is 0.